The number of amides is 1. The van der Waals surface area contributed by atoms with Crippen molar-refractivity contribution in [2.45, 2.75) is 26.5 Å². The van der Waals surface area contributed by atoms with Crippen LogP contribution in [-0.4, -0.2) is 40.9 Å². The molecule has 0 fully saturated rings. The number of hydrogen-bond acceptors (Lipinski definition) is 5. The van der Waals surface area contributed by atoms with Gasteiger partial charge in [-0.3, -0.25) is 4.79 Å². The average Bonchev–Trinajstić information content (AvgIpc) is 2.85. The zero-order valence-corrected chi connectivity index (χ0v) is 11.3. The van der Waals surface area contributed by atoms with Crippen LogP contribution in [0.25, 0.3) is 11.0 Å². The van der Waals surface area contributed by atoms with Crippen molar-refractivity contribution in [3.8, 4) is 0 Å². The third-order valence-electron chi connectivity index (χ3n) is 2.88. The molecule has 102 valence electrons. The predicted molar refractivity (Wildman–Crippen MR) is 69.4 cm³/mol. The largest absolute Gasteiger partial charge is 0.369 e. The third-order valence-corrected chi connectivity index (χ3v) is 2.88. The first-order chi connectivity index (χ1) is 9.11. The number of carbonyl (C=O) groups is 1. The summed E-state index contributed by atoms with van der Waals surface area (Å²) in [7, 11) is 1.75. The topological polar surface area (TPSA) is 68.5 Å². The maximum Gasteiger partial charge on any atom is 0.251 e. The first-order valence-electron chi connectivity index (χ1n) is 6.19. The highest BCUT2D eigenvalue weighted by Gasteiger charge is 2.17. The Balaban J connectivity index is 2.05. The van der Waals surface area contributed by atoms with E-state index in [2.05, 4.69) is 14.9 Å². The minimum absolute atomic E-state index is 0.0415. The average molecular weight is 263 g/mol. The normalized spacial score (nSPS) is 12.6. The van der Waals surface area contributed by atoms with E-state index in [9.17, 15) is 4.79 Å². The molecular weight excluding hydrogens is 246 g/mol. The van der Waals surface area contributed by atoms with Gasteiger partial charge in [-0.15, -0.1) is 0 Å². The Kier molecular flexibility index (Phi) is 4.11. The summed E-state index contributed by atoms with van der Waals surface area (Å²) < 4.78 is 9.93. The van der Waals surface area contributed by atoms with Crippen molar-refractivity contribution in [3.05, 3.63) is 23.8 Å². The minimum atomic E-state index is -0.424. The molecule has 0 spiro atoms. The highest BCUT2D eigenvalue weighted by atomic mass is 16.6. The van der Waals surface area contributed by atoms with Crippen molar-refractivity contribution < 1.29 is 14.2 Å². The van der Waals surface area contributed by atoms with E-state index in [0.717, 1.165) is 5.56 Å². The number of benzene rings is 1. The van der Waals surface area contributed by atoms with Crippen LogP contribution in [0.1, 0.15) is 19.4 Å². The van der Waals surface area contributed by atoms with Crippen molar-refractivity contribution >= 4 is 16.9 Å². The van der Waals surface area contributed by atoms with Crippen LogP contribution in [-0.2, 0) is 16.1 Å². The predicted octanol–water partition coefficient (Wildman–Crippen LogP) is 1.61. The van der Waals surface area contributed by atoms with Crippen LogP contribution in [0.15, 0.2) is 22.8 Å². The summed E-state index contributed by atoms with van der Waals surface area (Å²) >= 11 is 0. The Labute approximate surface area is 111 Å². The molecule has 6 nitrogen and oxygen atoms in total. The number of carbonyl (C=O) groups excluding carboxylic acids is 1. The summed E-state index contributed by atoms with van der Waals surface area (Å²) in [5, 5.41) is 7.52. The first kappa shape index (κ1) is 13.5. The van der Waals surface area contributed by atoms with Gasteiger partial charge in [0.25, 0.3) is 5.91 Å². The summed E-state index contributed by atoms with van der Waals surface area (Å²) in [6.07, 6.45) is -0.424. The first-order valence-corrected chi connectivity index (χ1v) is 6.19. The SMILES string of the molecule is CCO[C@@H](C)C(=O)N(C)Cc1ccc2nonc2c1. The molecule has 0 bridgehead atoms. The standard InChI is InChI=1S/C13H17N3O3/c1-4-18-9(2)13(17)16(3)8-10-5-6-11-12(7-10)15-19-14-11/h5-7,9H,4,8H2,1-3H3/t9-/m0/s1. The van der Waals surface area contributed by atoms with Gasteiger partial charge < -0.3 is 9.64 Å². The van der Waals surface area contributed by atoms with Crippen LogP contribution in [0, 0.1) is 0 Å². The molecule has 6 heteroatoms. The Hall–Kier alpha value is -1.95. The number of nitrogens with zero attached hydrogens (tertiary/aromatic N) is 3. The molecule has 0 radical (unpaired) electrons. The lowest BCUT2D eigenvalue weighted by Crippen LogP contribution is -2.35. The molecule has 0 saturated carbocycles. The maximum absolute atomic E-state index is 12.0. The van der Waals surface area contributed by atoms with Crippen molar-refractivity contribution in [1.82, 2.24) is 15.2 Å². The van der Waals surface area contributed by atoms with Gasteiger partial charge in [-0.2, -0.15) is 0 Å². The molecule has 1 amide bonds. The van der Waals surface area contributed by atoms with E-state index in [4.69, 9.17) is 4.74 Å². The maximum atomic E-state index is 12.0. The highest BCUT2D eigenvalue weighted by molar-refractivity contribution is 5.80. The van der Waals surface area contributed by atoms with Crippen LogP contribution in [0.4, 0.5) is 0 Å². The molecule has 1 heterocycles. The van der Waals surface area contributed by atoms with Gasteiger partial charge in [-0.1, -0.05) is 6.07 Å². The molecule has 2 aromatic rings. The molecule has 0 N–H and O–H groups in total. The number of ether oxygens (including phenoxy) is 1. The lowest BCUT2D eigenvalue weighted by Gasteiger charge is -2.21. The Bertz CT molecular complexity index is 567. The van der Waals surface area contributed by atoms with Gasteiger partial charge in [0, 0.05) is 20.2 Å². The Morgan fingerprint density at radius 2 is 2.16 bits per heavy atom. The van der Waals surface area contributed by atoms with Gasteiger partial charge in [-0.05, 0) is 41.9 Å². The fourth-order valence-electron chi connectivity index (χ4n) is 1.91. The zero-order valence-electron chi connectivity index (χ0n) is 11.3. The van der Waals surface area contributed by atoms with Gasteiger partial charge in [-0.25, -0.2) is 4.63 Å². The molecular formula is C13H17N3O3. The molecule has 2 rings (SSSR count). The molecule has 0 unspecified atom stereocenters. The number of rotatable bonds is 5. The van der Waals surface area contributed by atoms with E-state index in [-0.39, 0.29) is 5.91 Å². The van der Waals surface area contributed by atoms with E-state index in [1.54, 1.807) is 18.9 Å². The fourth-order valence-corrected chi connectivity index (χ4v) is 1.91. The van der Waals surface area contributed by atoms with Crippen molar-refractivity contribution in [1.29, 1.82) is 0 Å². The van der Waals surface area contributed by atoms with Gasteiger partial charge in [0.2, 0.25) is 0 Å². The molecule has 1 atom stereocenters. The van der Waals surface area contributed by atoms with Gasteiger partial charge in [0.15, 0.2) is 0 Å². The second-order valence-corrected chi connectivity index (χ2v) is 4.38. The third kappa shape index (κ3) is 3.08. The molecule has 0 aliphatic carbocycles. The van der Waals surface area contributed by atoms with E-state index in [0.29, 0.717) is 24.2 Å². The lowest BCUT2D eigenvalue weighted by molar-refractivity contribution is -0.141. The molecule has 0 saturated heterocycles. The molecule has 0 aliphatic heterocycles. The van der Waals surface area contributed by atoms with Crippen molar-refractivity contribution in [2.24, 2.45) is 0 Å². The second-order valence-electron chi connectivity index (χ2n) is 4.38. The van der Waals surface area contributed by atoms with E-state index in [1.165, 1.54) is 0 Å². The summed E-state index contributed by atoms with van der Waals surface area (Å²) in [6, 6.07) is 5.59. The Morgan fingerprint density at radius 3 is 2.89 bits per heavy atom. The summed E-state index contributed by atoms with van der Waals surface area (Å²) in [5.74, 6) is -0.0415. The molecule has 19 heavy (non-hydrogen) atoms. The lowest BCUT2D eigenvalue weighted by atomic mass is 10.2. The van der Waals surface area contributed by atoms with Gasteiger partial charge >= 0.3 is 0 Å². The minimum Gasteiger partial charge on any atom is -0.369 e. The quantitative estimate of drug-likeness (QED) is 0.819. The number of likely N-dealkylation sites (N-methyl/N-ethyl adjacent to an activating group) is 1. The van der Waals surface area contributed by atoms with Crippen LogP contribution in [0.2, 0.25) is 0 Å². The van der Waals surface area contributed by atoms with Crippen LogP contribution >= 0.6 is 0 Å². The molecule has 0 aliphatic rings. The number of fused-ring (bicyclic) bond motifs is 1. The monoisotopic (exact) mass is 263 g/mol. The number of hydrogen-bond donors (Lipinski definition) is 0. The van der Waals surface area contributed by atoms with Crippen LogP contribution in [0.3, 0.4) is 0 Å². The smallest absolute Gasteiger partial charge is 0.251 e. The Morgan fingerprint density at radius 1 is 1.42 bits per heavy atom. The van der Waals surface area contributed by atoms with E-state index in [1.807, 2.05) is 25.1 Å². The van der Waals surface area contributed by atoms with Crippen molar-refractivity contribution in [2.75, 3.05) is 13.7 Å². The van der Waals surface area contributed by atoms with Crippen LogP contribution in [0.5, 0.6) is 0 Å². The van der Waals surface area contributed by atoms with E-state index < -0.39 is 6.10 Å². The van der Waals surface area contributed by atoms with Gasteiger partial charge in [0.05, 0.1) is 0 Å². The summed E-state index contributed by atoms with van der Waals surface area (Å²) in [5.41, 5.74) is 2.37. The summed E-state index contributed by atoms with van der Waals surface area (Å²) in [4.78, 5) is 13.6. The summed E-state index contributed by atoms with van der Waals surface area (Å²) in [6.45, 7) is 4.65. The van der Waals surface area contributed by atoms with Gasteiger partial charge in [0.1, 0.15) is 17.1 Å². The van der Waals surface area contributed by atoms with Crippen LogP contribution < -0.4 is 0 Å². The van der Waals surface area contributed by atoms with E-state index >= 15 is 0 Å². The second kappa shape index (κ2) is 5.79. The molecule has 1 aromatic carbocycles. The molecule has 1 aromatic heterocycles. The van der Waals surface area contributed by atoms with Crippen molar-refractivity contribution in [3.63, 3.8) is 0 Å². The number of aromatic nitrogens is 2. The fraction of sp³-hybridized carbons (Fsp3) is 0.462. The highest BCUT2D eigenvalue weighted by Crippen LogP contribution is 2.13. The zero-order chi connectivity index (χ0) is 13.8.